The number of carboxylic acids is 1. The Bertz CT molecular complexity index is 633. The average molecular weight is 441 g/mol. The normalized spacial score (nSPS) is 20.9. The van der Waals surface area contributed by atoms with Gasteiger partial charge in [-0.05, 0) is 37.1 Å². The maximum Gasteiger partial charge on any atom is 0.326 e. The van der Waals surface area contributed by atoms with Crippen molar-refractivity contribution in [3.8, 4) is 0 Å². The first-order valence-electron chi connectivity index (χ1n) is 11.4. The monoisotopic (exact) mass is 440 g/mol. The Morgan fingerprint density at radius 3 is 1.74 bits per heavy atom. The van der Waals surface area contributed by atoms with E-state index in [1.54, 1.807) is 13.8 Å². The summed E-state index contributed by atoms with van der Waals surface area (Å²) in [5.74, 6) is -2.95. The molecular formula is C22H40N4O5. The number of amides is 3. The Kier molecular flexibility index (Phi) is 11.0. The third-order valence-electron chi connectivity index (χ3n) is 6.19. The molecule has 1 fully saturated rings. The van der Waals surface area contributed by atoms with E-state index in [1.165, 1.54) is 0 Å². The van der Waals surface area contributed by atoms with Crippen LogP contribution in [0.25, 0.3) is 0 Å². The molecule has 0 bridgehead atoms. The van der Waals surface area contributed by atoms with Gasteiger partial charge >= 0.3 is 5.97 Å². The van der Waals surface area contributed by atoms with Gasteiger partial charge in [0.2, 0.25) is 17.7 Å². The van der Waals surface area contributed by atoms with Crippen molar-refractivity contribution >= 4 is 23.7 Å². The molecule has 0 aromatic heterocycles. The molecule has 0 aromatic carbocycles. The van der Waals surface area contributed by atoms with E-state index in [1.807, 2.05) is 27.7 Å². The lowest BCUT2D eigenvalue weighted by atomic mass is 9.94. The predicted octanol–water partition coefficient (Wildman–Crippen LogP) is 1.03. The highest BCUT2D eigenvalue weighted by Gasteiger charge is 2.35. The van der Waals surface area contributed by atoms with Crippen molar-refractivity contribution in [2.45, 2.75) is 91.4 Å². The van der Waals surface area contributed by atoms with Crippen molar-refractivity contribution in [2.75, 3.05) is 6.54 Å². The number of aliphatic carboxylic acids is 1. The standard InChI is InChI=1S/C22H40N4O5/c1-7-13(5)17(25-19(27)15-10-9-11-23-15)21(29)26-18(14(6)8-2)20(28)24-16(12(3)4)22(30)31/h12-18,23H,7-11H2,1-6H3,(H,24,28)(H,25,27)(H,26,29)(H,30,31). The van der Waals surface area contributed by atoms with Crippen molar-refractivity contribution in [1.29, 1.82) is 0 Å². The maximum absolute atomic E-state index is 13.1. The molecule has 1 saturated heterocycles. The van der Waals surface area contributed by atoms with Gasteiger partial charge in [0, 0.05) is 0 Å². The highest BCUT2D eigenvalue weighted by Crippen LogP contribution is 2.14. The molecule has 0 aromatic rings. The SMILES string of the molecule is CCC(C)C(NC(=O)C1CCCN1)C(=O)NC(C(=O)NC(C(=O)O)C(C)C)C(C)CC. The average Bonchev–Trinajstić information content (AvgIpc) is 3.26. The molecule has 3 amide bonds. The summed E-state index contributed by atoms with van der Waals surface area (Å²) >= 11 is 0. The number of hydrogen-bond donors (Lipinski definition) is 5. The van der Waals surface area contributed by atoms with Gasteiger partial charge in [-0.2, -0.15) is 0 Å². The summed E-state index contributed by atoms with van der Waals surface area (Å²) in [6.45, 7) is 11.7. The van der Waals surface area contributed by atoms with Gasteiger partial charge in [-0.15, -0.1) is 0 Å². The second-order valence-electron chi connectivity index (χ2n) is 8.96. The zero-order chi connectivity index (χ0) is 23.7. The van der Waals surface area contributed by atoms with Gasteiger partial charge in [-0.1, -0.05) is 54.4 Å². The smallest absolute Gasteiger partial charge is 0.326 e. The molecule has 178 valence electrons. The number of nitrogens with one attached hydrogen (secondary N) is 4. The van der Waals surface area contributed by atoms with Crippen LogP contribution < -0.4 is 21.3 Å². The van der Waals surface area contributed by atoms with Crippen LogP contribution in [0.2, 0.25) is 0 Å². The number of hydrogen-bond acceptors (Lipinski definition) is 5. The van der Waals surface area contributed by atoms with E-state index in [2.05, 4.69) is 21.3 Å². The Balaban J connectivity index is 2.98. The summed E-state index contributed by atoms with van der Waals surface area (Å²) in [4.78, 5) is 50.1. The van der Waals surface area contributed by atoms with Crippen molar-refractivity contribution in [2.24, 2.45) is 17.8 Å². The van der Waals surface area contributed by atoms with Gasteiger partial charge in [-0.3, -0.25) is 14.4 Å². The van der Waals surface area contributed by atoms with Crippen molar-refractivity contribution in [3.05, 3.63) is 0 Å². The minimum Gasteiger partial charge on any atom is -0.480 e. The van der Waals surface area contributed by atoms with Crippen molar-refractivity contribution < 1.29 is 24.3 Å². The topological polar surface area (TPSA) is 137 Å². The number of carboxylic acid groups (broad SMARTS) is 1. The summed E-state index contributed by atoms with van der Waals surface area (Å²) in [7, 11) is 0. The first kappa shape index (κ1) is 26.9. The van der Waals surface area contributed by atoms with Crippen LogP contribution >= 0.6 is 0 Å². The lowest BCUT2D eigenvalue weighted by Gasteiger charge is -2.30. The molecule has 0 radical (unpaired) electrons. The number of carbonyl (C=O) groups excluding carboxylic acids is 3. The minimum atomic E-state index is -1.12. The second-order valence-corrected chi connectivity index (χ2v) is 8.96. The van der Waals surface area contributed by atoms with Gasteiger partial charge < -0.3 is 26.4 Å². The molecule has 1 heterocycles. The van der Waals surface area contributed by atoms with Crippen LogP contribution in [-0.4, -0.2) is 59.5 Å². The van der Waals surface area contributed by atoms with E-state index in [0.717, 1.165) is 19.4 Å². The molecule has 9 nitrogen and oxygen atoms in total. The van der Waals surface area contributed by atoms with Crippen LogP contribution in [0, 0.1) is 17.8 Å². The summed E-state index contributed by atoms with van der Waals surface area (Å²) in [6, 6.07) is -3.03. The second kappa shape index (κ2) is 12.6. The van der Waals surface area contributed by atoms with Crippen molar-refractivity contribution in [3.63, 3.8) is 0 Å². The summed E-state index contributed by atoms with van der Waals surface area (Å²) in [6.07, 6.45) is 2.93. The summed E-state index contributed by atoms with van der Waals surface area (Å²) < 4.78 is 0. The van der Waals surface area contributed by atoms with Crippen LogP contribution in [0.3, 0.4) is 0 Å². The minimum absolute atomic E-state index is 0.131. The molecule has 0 spiro atoms. The van der Waals surface area contributed by atoms with E-state index in [0.29, 0.717) is 12.8 Å². The van der Waals surface area contributed by atoms with E-state index in [4.69, 9.17) is 0 Å². The predicted molar refractivity (Wildman–Crippen MR) is 118 cm³/mol. The zero-order valence-electron chi connectivity index (χ0n) is 19.7. The Labute approximate surface area is 185 Å². The third kappa shape index (κ3) is 7.79. The van der Waals surface area contributed by atoms with E-state index < -0.39 is 35.9 Å². The van der Waals surface area contributed by atoms with Crippen LogP contribution in [0.5, 0.6) is 0 Å². The third-order valence-corrected chi connectivity index (χ3v) is 6.19. The number of rotatable bonds is 12. The van der Waals surface area contributed by atoms with E-state index >= 15 is 0 Å². The van der Waals surface area contributed by atoms with E-state index in [-0.39, 0.29) is 29.7 Å². The quantitative estimate of drug-likeness (QED) is 0.307. The van der Waals surface area contributed by atoms with Gasteiger partial charge in [-0.25, -0.2) is 4.79 Å². The molecule has 6 atom stereocenters. The molecule has 5 N–H and O–H groups in total. The summed E-state index contributed by atoms with van der Waals surface area (Å²) in [5.41, 5.74) is 0. The van der Waals surface area contributed by atoms with Gasteiger partial charge in [0.1, 0.15) is 18.1 Å². The molecule has 1 aliphatic rings. The molecule has 1 aliphatic heterocycles. The fourth-order valence-corrected chi connectivity index (χ4v) is 3.57. The molecule has 9 heteroatoms. The molecule has 0 saturated carbocycles. The Morgan fingerprint density at radius 1 is 0.871 bits per heavy atom. The maximum atomic E-state index is 13.1. The van der Waals surface area contributed by atoms with Gasteiger partial charge in [0.15, 0.2) is 0 Å². The molecule has 6 unspecified atom stereocenters. The zero-order valence-corrected chi connectivity index (χ0v) is 19.7. The van der Waals surface area contributed by atoms with Gasteiger partial charge in [0.05, 0.1) is 6.04 Å². The van der Waals surface area contributed by atoms with E-state index in [9.17, 15) is 24.3 Å². The first-order valence-corrected chi connectivity index (χ1v) is 11.4. The fourth-order valence-electron chi connectivity index (χ4n) is 3.57. The lowest BCUT2D eigenvalue weighted by molar-refractivity contribution is -0.144. The summed E-state index contributed by atoms with van der Waals surface area (Å²) in [5, 5.41) is 20.7. The first-order chi connectivity index (χ1) is 14.5. The van der Waals surface area contributed by atoms with Crippen LogP contribution in [0.15, 0.2) is 0 Å². The number of carbonyl (C=O) groups is 4. The van der Waals surface area contributed by atoms with Gasteiger partial charge in [0.25, 0.3) is 0 Å². The van der Waals surface area contributed by atoms with Crippen LogP contribution in [0.4, 0.5) is 0 Å². The highest BCUT2D eigenvalue weighted by molar-refractivity contribution is 5.94. The molecule has 0 aliphatic carbocycles. The highest BCUT2D eigenvalue weighted by atomic mass is 16.4. The van der Waals surface area contributed by atoms with Crippen LogP contribution in [-0.2, 0) is 19.2 Å². The Hall–Kier alpha value is -2.16. The molecule has 31 heavy (non-hydrogen) atoms. The fraction of sp³-hybridized carbons (Fsp3) is 0.818. The lowest BCUT2D eigenvalue weighted by Crippen LogP contribution is -2.60. The molecule has 1 rings (SSSR count). The largest absolute Gasteiger partial charge is 0.480 e. The van der Waals surface area contributed by atoms with Crippen LogP contribution in [0.1, 0.15) is 67.2 Å². The Morgan fingerprint density at radius 2 is 1.35 bits per heavy atom. The molecular weight excluding hydrogens is 400 g/mol. The van der Waals surface area contributed by atoms with Crippen molar-refractivity contribution in [1.82, 2.24) is 21.3 Å².